The van der Waals surface area contributed by atoms with E-state index in [1.807, 2.05) is 6.08 Å². The number of hydrogen-bond acceptors (Lipinski definition) is 4. The van der Waals surface area contributed by atoms with E-state index in [1.54, 1.807) is 6.08 Å². The van der Waals surface area contributed by atoms with E-state index in [0.717, 1.165) is 50.4 Å². The molecular weight excluding hydrogens is 356 g/mol. The van der Waals surface area contributed by atoms with Gasteiger partial charge in [-0.2, -0.15) is 0 Å². The second kappa shape index (κ2) is 13.7. The van der Waals surface area contributed by atoms with Gasteiger partial charge in [0.25, 0.3) is 0 Å². The highest BCUT2D eigenvalue weighted by Crippen LogP contribution is 2.36. The summed E-state index contributed by atoms with van der Waals surface area (Å²) in [5, 5.41) is 29.3. The average Bonchev–Trinajstić information content (AvgIpc) is 2.95. The zero-order chi connectivity index (χ0) is 20.9. The van der Waals surface area contributed by atoms with Crippen LogP contribution in [0, 0.1) is 11.8 Å². The van der Waals surface area contributed by atoms with Crippen LogP contribution in [0.4, 0.5) is 0 Å². The van der Waals surface area contributed by atoms with Gasteiger partial charge in [0.1, 0.15) is 6.29 Å². The highest BCUT2D eigenvalue weighted by Gasteiger charge is 2.31. The molecule has 0 saturated heterocycles. The summed E-state index contributed by atoms with van der Waals surface area (Å²) in [6.45, 7) is 4.31. The molecule has 160 valence electrons. The molecule has 1 aliphatic carbocycles. The number of aliphatic carboxylic acids is 1. The van der Waals surface area contributed by atoms with Crippen LogP contribution in [0.2, 0.25) is 0 Å². The van der Waals surface area contributed by atoms with Crippen LogP contribution >= 0.6 is 0 Å². The molecule has 28 heavy (non-hydrogen) atoms. The van der Waals surface area contributed by atoms with Gasteiger partial charge in [0, 0.05) is 18.8 Å². The molecule has 0 aromatic heterocycles. The molecule has 0 bridgehead atoms. The third kappa shape index (κ3) is 9.16. The van der Waals surface area contributed by atoms with Gasteiger partial charge in [-0.1, -0.05) is 63.7 Å². The SMILES string of the molecule is CCCC[C@@H](C)C[C@H](O)C=C[C@@H]1C(CCCCCCC(=O)O)=C(C=O)C[C@H]1O. The third-order valence-electron chi connectivity index (χ3n) is 5.62. The average molecular weight is 395 g/mol. The fraction of sp³-hybridized carbons (Fsp3) is 0.739. The van der Waals surface area contributed by atoms with Crippen LogP contribution in [0.15, 0.2) is 23.3 Å². The van der Waals surface area contributed by atoms with Crippen molar-refractivity contribution in [1.82, 2.24) is 0 Å². The molecule has 1 aliphatic rings. The topological polar surface area (TPSA) is 94.8 Å². The Kier molecular flexibility index (Phi) is 12.0. The molecule has 1 rings (SSSR count). The highest BCUT2D eigenvalue weighted by atomic mass is 16.4. The lowest BCUT2D eigenvalue weighted by atomic mass is 9.91. The Morgan fingerprint density at radius 3 is 2.57 bits per heavy atom. The van der Waals surface area contributed by atoms with Crippen molar-refractivity contribution in [3.8, 4) is 0 Å². The summed E-state index contributed by atoms with van der Waals surface area (Å²) in [7, 11) is 0. The maximum Gasteiger partial charge on any atom is 0.303 e. The summed E-state index contributed by atoms with van der Waals surface area (Å²) in [6.07, 6.45) is 12.1. The Bertz CT molecular complexity index is 537. The fourth-order valence-corrected chi connectivity index (χ4v) is 3.98. The maximum absolute atomic E-state index is 11.4. The van der Waals surface area contributed by atoms with E-state index < -0.39 is 18.2 Å². The normalized spacial score (nSPS) is 22.0. The van der Waals surface area contributed by atoms with E-state index >= 15 is 0 Å². The summed E-state index contributed by atoms with van der Waals surface area (Å²) >= 11 is 0. The molecule has 0 unspecified atom stereocenters. The minimum Gasteiger partial charge on any atom is -0.481 e. The molecule has 0 radical (unpaired) electrons. The molecule has 5 heteroatoms. The van der Waals surface area contributed by atoms with Crippen LogP contribution < -0.4 is 0 Å². The lowest BCUT2D eigenvalue weighted by Crippen LogP contribution is -2.16. The predicted octanol–water partition coefficient (Wildman–Crippen LogP) is 4.42. The number of aliphatic hydroxyl groups excluding tert-OH is 2. The number of aliphatic hydroxyl groups is 2. The summed E-state index contributed by atoms with van der Waals surface area (Å²) in [5.74, 6) is -0.517. The molecule has 0 heterocycles. The molecule has 4 atom stereocenters. The molecule has 0 aromatic rings. The summed E-state index contributed by atoms with van der Waals surface area (Å²) in [6, 6.07) is 0. The highest BCUT2D eigenvalue weighted by molar-refractivity contribution is 5.76. The molecule has 0 aromatic carbocycles. The van der Waals surface area contributed by atoms with Gasteiger partial charge in [0.05, 0.1) is 12.2 Å². The van der Waals surface area contributed by atoms with Crippen LogP contribution in [0.5, 0.6) is 0 Å². The summed E-state index contributed by atoms with van der Waals surface area (Å²) in [5.41, 5.74) is 1.65. The van der Waals surface area contributed by atoms with E-state index in [2.05, 4.69) is 13.8 Å². The lowest BCUT2D eigenvalue weighted by molar-refractivity contribution is -0.137. The first-order chi connectivity index (χ1) is 13.4. The first kappa shape index (κ1) is 24.6. The Morgan fingerprint density at radius 1 is 1.21 bits per heavy atom. The Balaban J connectivity index is 2.55. The Hall–Kier alpha value is -1.46. The Morgan fingerprint density at radius 2 is 1.93 bits per heavy atom. The molecule has 0 aliphatic heterocycles. The fourth-order valence-electron chi connectivity index (χ4n) is 3.98. The van der Waals surface area contributed by atoms with Gasteiger partial charge < -0.3 is 15.3 Å². The number of rotatable bonds is 15. The molecule has 0 spiro atoms. The second-order valence-corrected chi connectivity index (χ2v) is 8.21. The van der Waals surface area contributed by atoms with Crippen molar-refractivity contribution in [2.24, 2.45) is 11.8 Å². The minimum absolute atomic E-state index is 0.195. The number of carboxylic acid groups (broad SMARTS) is 1. The van der Waals surface area contributed by atoms with Crippen molar-refractivity contribution in [3.05, 3.63) is 23.3 Å². The number of carbonyl (C=O) groups excluding carboxylic acids is 1. The van der Waals surface area contributed by atoms with Gasteiger partial charge in [-0.15, -0.1) is 0 Å². The van der Waals surface area contributed by atoms with Gasteiger partial charge in [-0.25, -0.2) is 0 Å². The van der Waals surface area contributed by atoms with Gasteiger partial charge in [-0.05, 0) is 37.2 Å². The monoisotopic (exact) mass is 394 g/mol. The molecule has 0 saturated carbocycles. The van der Waals surface area contributed by atoms with Crippen molar-refractivity contribution >= 4 is 12.3 Å². The van der Waals surface area contributed by atoms with Crippen LogP contribution in [0.3, 0.4) is 0 Å². The van der Waals surface area contributed by atoms with Crippen LogP contribution in [-0.2, 0) is 9.59 Å². The van der Waals surface area contributed by atoms with Crippen LogP contribution in [-0.4, -0.2) is 39.8 Å². The smallest absolute Gasteiger partial charge is 0.303 e. The Labute approximate surface area is 169 Å². The molecular formula is C23H38O5. The number of hydrogen-bond donors (Lipinski definition) is 3. The van der Waals surface area contributed by atoms with Crippen LogP contribution in [0.1, 0.15) is 84.5 Å². The predicted molar refractivity (Wildman–Crippen MR) is 111 cm³/mol. The molecule has 5 nitrogen and oxygen atoms in total. The number of carboxylic acids is 1. The lowest BCUT2D eigenvalue weighted by Gasteiger charge is -2.17. The van der Waals surface area contributed by atoms with Gasteiger partial charge >= 0.3 is 5.97 Å². The van der Waals surface area contributed by atoms with Gasteiger partial charge in [0.15, 0.2) is 0 Å². The quantitative estimate of drug-likeness (QED) is 0.217. The zero-order valence-corrected chi connectivity index (χ0v) is 17.5. The first-order valence-corrected chi connectivity index (χ1v) is 10.8. The largest absolute Gasteiger partial charge is 0.481 e. The molecule has 0 fully saturated rings. The second-order valence-electron chi connectivity index (χ2n) is 8.21. The first-order valence-electron chi connectivity index (χ1n) is 10.8. The van der Waals surface area contributed by atoms with E-state index in [4.69, 9.17) is 5.11 Å². The van der Waals surface area contributed by atoms with Crippen molar-refractivity contribution in [3.63, 3.8) is 0 Å². The summed E-state index contributed by atoms with van der Waals surface area (Å²) < 4.78 is 0. The molecule has 3 N–H and O–H groups in total. The zero-order valence-electron chi connectivity index (χ0n) is 17.5. The summed E-state index contributed by atoms with van der Waals surface area (Å²) in [4.78, 5) is 21.9. The van der Waals surface area contributed by atoms with Crippen LogP contribution in [0.25, 0.3) is 0 Å². The van der Waals surface area contributed by atoms with E-state index in [1.165, 1.54) is 6.42 Å². The molecule has 0 amide bonds. The standard InChI is InChI=1S/C23H38O5/c1-3-4-9-17(2)14-19(25)12-13-21-20(18(16-24)15-22(21)26)10-7-5-6-8-11-23(27)28/h12-13,16-17,19,21-22,25-26H,3-11,14-15H2,1-2H3,(H,27,28)/t17-,19-,21-,22-/m1/s1. The number of unbranched alkanes of at least 4 members (excludes halogenated alkanes) is 4. The van der Waals surface area contributed by atoms with Crippen molar-refractivity contribution in [2.45, 2.75) is 96.7 Å². The number of carbonyl (C=O) groups is 2. The van der Waals surface area contributed by atoms with E-state index in [9.17, 15) is 19.8 Å². The van der Waals surface area contributed by atoms with Crippen molar-refractivity contribution < 1.29 is 24.9 Å². The minimum atomic E-state index is -0.766. The van der Waals surface area contributed by atoms with Crippen molar-refractivity contribution in [2.75, 3.05) is 0 Å². The van der Waals surface area contributed by atoms with Gasteiger partial charge in [-0.3, -0.25) is 9.59 Å². The van der Waals surface area contributed by atoms with Gasteiger partial charge in [0.2, 0.25) is 0 Å². The van der Waals surface area contributed by atoms with E-state index in [0.29, 0.717) is 30.8 Å². The third-order valence-corrected chi connectivity index (χ3v) is 5.62. The van der Waals surface area contributed by atoms with E-state index in [-0.39, 0.29) is 12.3 Å². The number of aldehydes is 1. The van der Waals surface area contributed by atoms with Crippen molar-refractivity contribution in [1.29, 1.82) is 0 Å². The maximum atomic E-state index is 11.4.